The van der Waals surface area contributed by atoms with Crippen molar-refractivity contribution in [2.45, 2.75) is 18.4 Å². The normalized spacial score (nSPS) is 11.6. The maximum atomic E-state index is 13.5. The Balaban J connectivity index is 1.58. The summed E-state index contributed by atoms with van der Waals surface area (Å²) in [7, 11) is -2.66. The third-order valence-electron chi connectivity index (χ3n) is 5.41. The van der Waals surface area contributed by atoms with Gasteiger partial charge >= 0.3 is 5.97 Å². The molecule has 4 aromatic rings. The van der Waals surface area contributed by atoms with Gasteiger partial charge in [-0.2, -0.15) is 4.31 Å². The van der Waals surface area contributed by atoms with Crippen LogP contribution in [-0.2, 0) is 26.1 Å². The zero-order chi connectivity index (χ0) is 25.9. The number of nitrogens with zero attached hydrogens (tertiary/aromatic N) is 1. The van der Waals surface area contributed by atoms with E-state index in [1.165, 1.54) is 30.6 Å². The number of thiophene rings is 1. The van der Waals surface area contributed by atoms with E-state index in [0.717, 1.165) is 20.0 Å². The molecule has 0 aliphatic heterocycles. The Morgan fingerprint density at radius 3 is 2.47 bits per heavy atom. The molecule has 0 saturated heterocycles. The van der Waals surface area contributed by atoms with E-state index in [1.54, 1.807) is 60.7 Å². The number of anilines is 1. The second-order valence-electron chi connectivity index (χ2n) is 8.12. The van der Waals surface area contributed by atoms with Crippen molar-refractivity contribution in [3.8, 4) is 0 Å². The van der Waals surface area contributed by atoms with Crippen LogP contribution in [0.15, 0.2) is 77.7 Å². The lowest BCUT2D eigenvalue weighted by Gasteiger charge is -2.22. The van der Waals surface area contributed by atoms with Gasteiger partial charge in [0, 0.05) is 22.0 Å². The van der Waals surface area contributed by atoms with Crippen molar-refractivity contribution in [1.82, 2.24) is 4.31 Å². The van der Waals surface area contributed by atoms with Gasteiger partial charge in [-0.15, -0.1) is 11.3 Å². The molecule has 0 aliphatic rings. The average molecular weight is 543 g/mol. The number of hydrogen-bond acceptors (Lipinski definition) is 6. The highest BCUT2D eigenvalue weighted by Gasteiger charge is 2.27. The number of methoxy groups -OCH3 is 1. The van der Waals surface area contributed by atoms with E-state index in [2.05, 4.69) is 5.32 Å². The minimum absolute atomic E-state index is 0.0315. The summed E-state index contributed by atoms with van der Waals surface area (Å²) in [5.74, 6) is -0.935. The first-order chi connectivity index (χ1) is 17.2. The van der Waals surface area contributed by atoms with Crippen molar-refractivity contribution in [2.24, 2.45) is 0 Å². The maximum Gasteiger partial charge on any atom is 0.348 e. The Kier molecular flexibility index (Phi) is 7.75. The van der Waals surface area contributed by atoms with Crippen LogP contribution in [0.1, 0.15) is 20.8 Å². The summed E-state index contributed by atoms with van der Waals surface area (Å²) in [6.07, 6.45) is 0. The topological polar surface area (TPSA) is 92.8 Å². The molecule has 1 amide bonds. The van der Waals surface area contributed by atoms with Gasteiger partial charge in [0.05, 0.1) is 18.6 Å². The van der Waals surface area contributed by atoms with Gasteiger partial charge in [0.1, 0.15) is 4.88 Å². The van der Waals surface area contributed by atoms with Crippen molar-refractivity contribution < 1.29 is 22.7 Å². The lowest BCUT2D eigenvalue weighted by molar-refractivity contribution is -0.116. The Labute approximate surface area is 218 Å². The van der Waals surface area contributed by atoms with E-state index >= 15 is 0 Å². The molecule has 1 heterocycles. The Hall–Kier alpha value is -3.24. The summed E-state index contributed by atoms with van der Waals surface area (Å²) < 4.78 is 33.7. The number of sulfonamides is 1. The summed E-state index contributed by atoms with van der Waals surface area (Å²) in [6.45, 7) is 1.43. The highest BCUT2D eigenvalue weighted by molar-refractivity contribution is 7.89. The molecule has 0 bridgehead atoms. The number of hydrogen-bond donors (Lipinski definition) is 1. The third kappa shape index (κ3) is 5.93. The lowest BCUT2D eigenvalue weighted by atomic mass is 10.2. The van der Waals surface area contributed by atoms with Crippen LogP contribution in [0.4, 0.5) is 5.69 Å². The van der Waals surface area contributed by atoms with Crippen molar-refractivity contribution in [1.29, 1.82) is 0 Å². The first-order valence-electron chi connectivity index (χ1n) is 10.9. The van der Waals surface area contributed by atoms with Crippen LogP contribution in [0.2, 0.25) is 5.02 Å². The molecule has 0 saturated carbocycles. The number of halogens is 1. The van der Waals surface area contributed by atoms with Crippen molar-refractivity contribution in [3.63, 3.8) is 0 Å². The molecular formula is C26H23ClN2O5S2. The molecular weight excluding hydrogens is 520 g/mol. The number of fused-ring (bicyclic) bond motifs is 1. The second-order valence-corrected chi connectivity index (χ2v) is 11.6. The maximum absolute atomic E-state index is 13.5. The third-order valence-corrected chi connectivity index (χ3v) is 8.55. The fourth-order valence-electron chi connectivity index (χ4n) is 3.61. The summed E-state index contributed by atoms with van der Waals surface area (Å²) >= 11 is 7.38. The Morgan fingerprint density at radius 1 is 1.03 bits per heavy atom. The van der Waals surface area contributed by atoms with Gasteiger partial charge in [-0.1, -0.05) is 41.4 Å². The van der Waals surface area contributed by atoms with Crippen LogP contribution in [0, 0.1) is 6.92 Å². The van der Waals surface area contributed by atoms with Gasteiger partial charge in [-0.25, -0.2) is 13.2 Å². The number of amides is 1. The molecule has 7 nitrogen and oxygen atoms in total. The lowest BCUT2D eigenvalue weighted by Crippen LogP contribution is -2.37. The molecule has 1 aromatic heterocycles. The number of carbonyl (C=O) groups is 2. The molecule has 3 aromatic carbocycles. The fourth-order valence-corrected chi connectivity index (χ4v) is 6.17. The van der Waals surface area contributed by atoms with Gasteiger partial charge < -0.3 is 10.1 Å². The quantitative estimate of drug-likeness (QED) is 0.298. The smallest absolute Gasteiger partial charge is 0.348 e. The van der Waals surface area contributed by atoms with E-state index in [9.17, 15) is 18.0 Å². The molecule has 186 valence electrons. The minimum Gasteiger partial charge on any atom is -0.465 e. The highest BCUT2D eigenvalue weighted by Crippen LogP contribution is 2.29. The average Bonchev–Trinajstić information content (AvgIpc) is 3.27. The number of carbonyl (C=O) groups excluding carboxylic acids is 2. The molecule has 10 heteroatoms. The molecule has 1 N–H and O–H groups in total. The number of aryl methyl sites for hydroxylation is 1. The fraction of sp³-hybridized carbons (Fsp3) is 0.154. The van der Waals surface area contributed by atoms with E-state index < -0.39 is 28.4 Å². The summed E-state index contributed by atoms with van der Waals surface area (Å²) in [6, 6.07) is 20.2. The standard InChI is InChI=1S/C26H23ClN2O5S2/c1-17-6-9-22(10-7-17)36(32,33)29(15-18-4-3-5-20(27)12-18)16-25(30)28-21-8-11-23-19(13-21)14-24(35-23)26(31)34-2/h3-14H,15-16H2,1-2H3,(H,28,30). The highest BCUT2D eigenvalue weighted by atomic mass is 35.5. The van der Waals surface area contributed by atoms with Crippen molar-refractivity contribution in [3.05, 3.63) is 93.8 Å². The molecule has 0 atom stereocenters. The van der Waals surface area contributed by atoms with Crippen LogP contribution in [0.5, 0.6) is 0 Å². The van der Waals surface area contributed by atoms with Crippen LogP contribution >= 0.6 is 22.9 Å². The van der Waals surface area contributed by atoms with Crippen LogP contribution in [0.25, 0.3) is 10.1 Å². The van der Waals surface area contributed by atoms with Gasteiger partial charge in [-0.3, -0.25) is 4.79 Å². The monoisotopic (exact) mass is 542 g/mol. The van der Waals surface area contributed by atoms with E-state index in [1.807, 2.05) is 6.92 Å². The van der Waals surface area contributed by atoms with Crippen molar-refractivity contribution >= 4 is 60.6 Å². The van der Waals surface area contributed by atoms with E-state index in [0.29, 0.717) is 21.2 Å². The molecule has 0 unspecified atom stereocenters. The number of nitrogens with one attached hydrogen (secondary N) is 1. The summed E-state index contributed by atoms with van der Waals surface area (Å²) in [5, 5.41) is 4.00. The number of esters is 1. The zero-order valence-corrected chi connectivity index (χ0v) is 21.9. The first-order valence-corrected chi connectivity index (χ1v) is 13.5. The Bertz CT molecular complexity index is 1530. The predicted octanol–water partition coefficient (Wildman–Crippen LogP) is 5.48. The zero-order valence-electron chi connectivity index (χ0n) is 19.5. The molecule has 0 radical (unpaired) electrons. The number of benzene rings is 3. The molecule has 0 aliphatic carbocycles. The van der Waals surface area contributed by atoms with Crippen LogP contribution in [-0.4, -0.2) is 38.3 Å². The van der Waals surface area contributed by atoms with E-state index in [4.69, 9.17) is 16.3 Å². The van der Waals surface area contributed by atoms with Gasteiger partial charge in [0.15, 0.2) is 0 Å². The summed E-state index contributed by atoms with van der Waals surface area (Å²) in [4.78, 5) is 25.4. The predicted molar refractivity (Wildman–Crippen MR) is 142 cm³/mol. The first kappa shape index (κ1) is 25.8. The Morgan fingerprint density at radius 2 is 1.78 bits per heavy atom. The number of ether oxygens (including phenoxy) is 1. The van der Waals surface area contributed by atoms with Gasteiger partial charge in [-0.05, 0) is 66.4 Å². The molecule has 0 spiro atoms. The number of rotatable bonds is 8. The largest absolute Gasteiger partial charge is 0.465 e. The molecule has 36 heavy (non-hydrogen) atoms. The van der Waals surface area contributed by atoms with Crippen LogP contribution in [0.3, 0.4) is 0 Å². The SMILES string of the molecule is COC(=O)c1cc2cc(NC(=O)CN(Cc3cccc(Cl)c3)S(=O)(=O)c3ccc(C)cc3)ccc2s1. The minimum atomic E-state index is -3.98. The van der Waals surface area contributed by atoms with Crippen molar-refractivity contribution in [2.75, 3.05) is 19.0 Å². The van der Waals surface area contributed by atoms with E-state index in [-0.39, 0.29) is 11.4 Å². The molecule has 4 rings (SSSR count). The van der Waals surface area contributed by atoms with Crippen LogP contribution < -0.4 is 5.32 Å². The summed E-state index contributed by atoms with van der Waals surface area (Å²) in [5.41, 5.74) is 2.06. The molecule has 0 fully saturated rings. The van der Waals surface area contributed by atoms with Gasteiger partial charge in [0.25, 0.3) is 0 Å². The van der Waals surface area contributed by atoms with Gasteiger partial charge in [0.2, 0.25) is 15.9 Å². The second kappa shape index (κ2) is 10.8.